The Hall–Kier alpha value is 0.580. The Morgan fingerprint density at radius 1 is 1.50 bits per heavy atom. The van der Waals surface area contributed by atoms with Gasteiger partial charge in [-0.2, -0.15) is 0 Å². The summed E-state index contributed by atoms with van der Waals surface area (Å²) in [5, 5.41) is 0. The van der Waals surface area contributed by atoms with E-state index in [1.54, 1.807) is 0 Å². The minimum Gasteiger partial charge on any atom is -0.308 e. The maximum Gasteiger partial charge on any atom is 0.331 e. The lowest BCUT2D eigenvalue weighted by molar-refractivity contribution is 0.188. The van der Waals surface area contributed by atoms with Gasteiger partial charge in [0.2, 0.25) is 0 Å². The molecule has 0 radical (unpaired) electrons. The SMILES string of the molecule is CCC(CC)COP1(=O)CCPCO1. The quantitative estimate of drug-likeness (QED) is 0.689. The van der Waals surface area contributed by atoms with Crippen molar-refractivity contribution < 1.29 is 13.6 Å². The van der Waals surface area contributed by atoms with Gasteiger partial charge in [-0.15, -0.1) is 0 Å². The maximum absolute atomic E-state index is 11.9. The van der Waals surface area contributed by atoms with Crippen molar-refractivity contribution in [1.82, 2.24) is 0 Å². The van der Waals surface area contributed by atoms with Crippen molar-refractivity contribution in [1.29, 1.82) is 0 Å². The van der Waals surface area contributed by atoms with Crippen molar-refractivity contribution in [2.75, 3.05) is 25.3 Å². The Bertz CT molecular complexity index is 194. The van der Waals surface area contributed by atoms with Crippen molar-refractivity contribution >= 4 is 16.2 Å². The third kappa shape index (κ3) is 3.98. The van der Waals surface area contributed by atoms with E-state index in [2.05, 4.69) is 13.8 Å². The molecule has 0 aromatic carbocycles. The molecule has 1 saturated heterocycles. The summed E-state index contributed by atoms with van der Waals surface area (Å²) in [6.07, 6.45) is 4.41. The predicted molar refractivity (Wildman–Crippen MR) is 61.6 cm³/mol. The molecule has 1 heterocycles. The summed E-state index contributed by atoms with van der Waals surface area (Å²) in [7, 11) is -1.89. The second kappa shape index (κ2) is 6.23. The molecular formula is C9H20O3P2. The van der Waals surface area contributed by atoms with Crippen molar-refractivity contribution in [3.05, 3.63) is 0 Å². The van der Waals surface area contributed by atoms with Gasteiger partial charge in [-0.25, -0.2) is 0 Å². The van der Waals surface area contributed by atoms with E-state index in [0.717, 1.165) is 27.6 Å². The Kier molecular flexibility index (Phi) is 5.62. The summed E-state index contributed by atoms with van der Waals surface area (Å²) in [6, 6.07) is 0. The molecule has 0 amide bonds. The Labute approximate surface area is 88.3 Å². The highest BCUT2D eigenvalue weighted by molar-refractivity contribution is 7.56. The minimum absolute atomic E-state index is 0.522. The van der Waals surface area contributed by atoms with Gasteiger partial charge in [0.05, 0.1) is 19.1 Å². The fourth-order valence-corrected chi connectivity index (χ4v) is 5.14. The fourth-order valence-electron chi connectivity index (χ4n) is 1.34. The summed E-state index contributed by atoms with van der Waals surface area (Å²) in [4.78, 5) is 0. The first-order valence-electron chi connectivity index (χ1n) is 5.29. The molecule has 0 bridgehead atoms. The van der Waals surface area contributed by atoms with Gasteiger partial charge < -0.3 is 9.05 Å². The van der Waals surface area contributed by atoms with E-state index in [4.69, 9.17) is 9.05 Å². The van der Waals surface area contributed by atoms with Gasteiger partial charge in [-0.05, 0) is 12.1 Å². The summed E-state index contributed by atoms with van der Waals surface area (Å²) >= 11 is 0. The van der Waals surface area contributed by atoms with E-state index in [0.29, 0.717) is 25.0 Å². The molecule has 0 aromatic rings. The van der Waals surface area contributed by atoms with Crippen molar-refractivity contribution in [2.24, 2.45) is 5.92 Å². The highest BCUT2D eigenvalue weighted by Crippen LogP contribution is 2.53. The van der Waals surface area contributed by atoms with Crippen LogP contribution in [-0.4, -0.2) is 25.3 Å². The smallest absolute Gasteiger partial charge is 0.308 e. The topological polar surface area (TPSA) is 35.5 Å². The van der Waals surface area contributed by atoms with E-state index in [1.165, 1.54) is 0 Å². The van der Waals surface area contributed by atoms with Crippen molar-refractivity contribution in [3.63, 3.8) is 0 Å². The summed E-state index contributed by atoms with van der Waals surface area (Å²) in [6.45, 7) is 4.86. The van der Waals surface area contributed by atoms with E-state index >= 15 is 0 Å². The van der Waals surface area contributed by atoms with Crippen LogP contribution in [0.2, 0.25) is 0 Å². The molecule has 0 saturated carbocycles. The molecule has 0 spiro atoms. The average Bonchev–Trinajstić information content (AvgIpc) is 2.20. The first kappa shape index (κ1) is 12.6. The molecule has 2 atom stereocenters. The molecule has 3 nitrogen and oxygen atoms in total. The van der Waals surface area contributed by atoms with E-state index < -0.39 is 7.60 Å². The first-order chi connectivity index (χ1) is 6.70. The van der Waals surface area contributed by atoms with Gasteiger partial charge in [-0.3, -0.25) is 4.57 Å². The third-order valence-electron chi connectivity index (χ3n) is 2.59. The molecule has 5 heteroatoms. The normalized spacial score (nSPS) is 29.9. The van der Waals surface area contributed by atoms with Gasteiger partial charge in [-0.1, -0.05) is 35.3 Å². The van der Waals surface area contributed by atoms with Crippen LogP contribution in [0.1, 0.15) is 26.7 Å². The van der Waals surface area contributed by atoms with E-state index in [-0.39, 0.29) is 0 Å². The monoisotopic (exact) mass is 238 g/mol. The zero-order valence-corrected chi connectivity index (χ0v) is 10.9. The molecule has 0 N–H and O–H groups in total. The van der Waals surface area contributed by atoms with Gasteiger partial charge in [0.15, 0.2) is 0 Å². The molecule has 14 heavy (non-hydrogen) atoms. The highest BCUT2D eigenvalue weighted by Gasteiger charge is 2.28. The minimum atomic E-state index is -2.69. The second-order valence-electron chi connectivity index (χ2n) is 3.59. The van der Waals surface area contributed by atoms with Crippen LogP contribution in [0.3, 0.4) is 0 Å². The first-order valence-corrected chi connectivity index (χ1v) is 8.43. The standard InChI is InChI=1S/C9H20O3P2/c1-3-9(4-2)7-11-14(10)6-5-13-8-12-14/h9,13H,3-8H2,1-2H3. The van der Waals surface area contributed by atoms with Crippen molar-refractivity contribution in [3.8, 4) is 0 Å². The van der Waals surface area contributed by atoms with Gasteiger partial charge >= 0.3 is 7.60 Å². The molecule has 1 rings (SSSR count). The lowest BCUT2D eigenvalue weighted by Crippen LogP contribution is -2.12. The zero-order chi connectivity index (χ0) is 10.4. The Morgan fingerprint density at radius 3 is 2.71 bits per heavy atom. The number of rotatable bonds is 5. The van der Waals surface area contributed by atoms with Crippen LogP contribution in [-0.2, 0) is 13.6 Å². The van der Waals surface area contributed by atoms with Crippen molar-refractivity contribution in [2.45, 2.75) is 26.7 Å². The van der Waals surface area contributed by atoms with Crippen LogP contribution in [0, 0.1) is 5.92 Å². The lowest BCUT2D eigenvalue weighted by atomic mass is 10.1. The summed E-state index contributed by atoms with van der Waals surface area (Å²) in [5.74, 6) is 0.522. The Morgan fingerprint density at radius 2 is 2.21 bits per heavy atom. The molecule has 2 unspecified atom stereocenters. The van der Waals surface area contributed by atoms with Crippen LogP contribution >= 0.6 is 16.2 Å². The van der Waals surface area contributed by atoms with Gasteiger partial charge in [0.1, 0.15) is 0 Å². The van der Waals surface area contributed by atoms with Gasteiger partial charge in [0, 0.05) is 0 Å². The van der Waals surface area contributed by atoms with Crippen LogP contribution in [0.4, 0.5) is 0 Å². The third-order valence-corrected chi connectivity index (χ3v) is 6.04. The van der Waals surface area contributed by atoms with Crippen LogP contribution < -0.4 is 0 Å². The predicted octanol–water partition coefficient (Wildman–Crippen LogP) is 3.30. The molecule has 1 aliphatic heterocycles. The van der Waals surface area contributed by atoms with Crippen LogP contribution in [0.5, 0.6) is 0 Å². The summed E-state index contributed by atoms with van der Waals surface area (Å²) in [5.41, 5.74) is 0. The number of hydrogen-bond acceptors (Lipinski definition) is 3. The molecular weight excluding hydrogens is 218 g/mol. The Balaban J connectivity index is 2.31. The lowest BCUT2D eigenvalue weighted by Gasteiger charge is -2.24. The largest absolute Gasteiger partial charge is 0.331 e. The number of hydrogen-bond donors (Lipinski definition) is 0. The summed E-state index contributed by atoms with van der Waals surface area (Å²) < 4.78 is 22.6. The highest BCUT2D eigenvalue weighted by atomic mass is 31.2. The van der Waals surface area contributed by atoms with E-state index in [9.17, 15) is 4.57 Å². The maximum atomic E-state index is 11.9. The van der Waals surface area contributed by atoms with E-state index in [1.807, 2.05) is 0 Å². The fraction of sp³-hybridized carbons (Fsp3) is 1.00. The van der Waals surface area contributed by atoms with Crippen LogP contribution in [0.15, 0.2) is 0 Å². The average molecular weight is 238 g/mol. The zero-order valence-electron chi connectivity index (χ0n) is 8.99. The molecule has 84 valence electrons. The molecule has 1 fully saturated rings. The molecule has 0 aliphatic carbocycles. The van der Waals surface area contributed by atoms with Crippen LogP contribution in [0.25, 0.3) is 0 Å². The van der Waals surface area contributed by atoms with Gasteiger partial charge in [0.25, 0.3) is 0 Å². The molecule has 1 aliphatic rings. The molecule has 0 aromatic heterocycles. The second-order valence-corrected chi connectivity index (χ2v) is 7.06.